The fourth-order valence-electron chi connectivity index (χ4n) is 2.42. The van der Waals surface area contributed by atoms with E-state index in [9.17, 15) is 19.8 Å². The number of thiazole rings is 1. The summed E-state index contributed by atoms with van der Waals surface area (Å²) < 4.78 is 11.2. The molecule has 160 valence electrons. The first-order valence-corrected chi connectivity index (χ1v) is 9.77. The van der Waals surface area contributed by atoms with E-state index in [1.54, 1.807) is 18.2 Å². The summed E-state index contributed by atoms with van der Waals surface area (Å²) in [5, 5.41) is 28.0. The average molecular weight is 442 g/mol. The molecular weight excluding hydrogens is 424 g/mol. The van der Waals surface area contributed by atoms with Gasteiger partial charge >= 0.3 is 12.2 Å². The molecule has 0 radical (unpaired) electrons. The maximum atomic E-state index is 12.3. The van der Waals surface area contributed by atoms with Crippen molar-refractivity contribution in [2.45, 2.75) is 0 Å². The Morgan fingerprint density at radius 3 is 2.16 bits per heavy atom. The lowest BCUT2D eigenvalue weighted by Crippen LogP contribution is -2.39. The minimum atomic E-state index is -0.698. The number of aromatic hydroxyl groups is 2. The van der Waals surface area contributed by atoms with Gasteiger partial charge in [-0.05, 0) is 24.3 Å². The highest BCUT2D eigenvalue weighted by Crippen LogP contribution is 2.29. The number of ether oxygens (including phenoxy) is 2. The molecule has 0 spiro atoms. The number of likely N-dealkylation sites (N-methyl/N-ethyl adjacent to an activating group) is 2. The van der Waals surface area contributed by atoms with Crippen molar-refractivity contribution < 1.29 is 29.3 Å². The molecule has 0 fully saturated rings. The van der Waals surface area contributed by atoms with Crippen LogP contribution in [0.15, 0.2) is 36.4 Å². The van der Waals surface area contributed by atoms with Crippen molar-refractivity contribution in [1.29, 1.82) is 5.26 Å². The van der Waals surface area contributed by atoms with Crippen LogP contribution in [0.5, 0.6) is 23.0 Å². The molecule has 10 nitrogen and oxygen atoms in total. The van der Waals surface area contributed by atoms with Crippen LogP contribution in [0.1, 0.15) is 5.01 Å². The van der Waals surface area contributed by atoms with Crippen LogP contribution < -0.4 is 9.47 Å². The van der Waals surface area contributed by atoms with Crippen LogP contribution in [0, 0.1) is 11.3 Å². The Morgan fingerprint density at radius 2 is 1.58 bits per heavy atom. The van der Waals surface area contributed by atoms with Gasteiger partial charge in [-0.3, -0.25) is 0 Å². The molecule has 0 aliphatic rings. The molecule has 1 heterocycles. The Labute approximate surface area is 181 Å². The van der Waals surface area contributed by atoms with Crippen LogP contribution in [-0.4, -0.2) is 64.4 Å². The summed E-state index contributed by atoms with van der Waals surface area (Å²) in [5.74, 6) is -0.348. The van der Waals surface area contributed by atoms with Gasteiger partial charge in [0, 0.05) is 39.3 Å². The van der Waals surface area contributed by atoms with Crippen LogP contribution >= 0.6 is 11.3 Å². The first-order valence-electron chi connectivity index (χ1n) is 8.95. The highest BCUT2D eigenvalue weighted by atomic mass is 32.1. The van der Waals surface area contributed by atoms with E-state index in [1.165, 1.54) is 47.4 Å². The molecule has 31 heavy (non-hydrogen) atoms. The number of benzene rings is 2. The van der Waals surface area contributed by atoms with E-state index >= 15 is 0 Å². The number of rotatable bonds is 5. The number of hydrogen-bond donors (Lipinski definition) is 2. The minimum absolute atomic E-state index is 0.0675. The zero-order chi connectivity index (χ0) is 22.5. The van der Waals surface area contributed by atoms with E-state index in [1.807, 2.05) is 6.07 Å². The maximum absolute atomic E-state index is 12.3. The number of phenolic OH excluding ortho intramolecular Hbond substituents is 2. The second-order valence-corrected chi connectivity index (χ2v) is 7.52. The molecule has 1 aromatic heterocycles. The molecule has 2 aromatic carbocycles. The SMILES string of the molecule is CN(CCN(C)C(=O)Oc1ccc2nc(C#N)sc2c1)C(=O)Oc1ccc(O)c(O)c1. The highest BCUT2D eigenvalue weighted by molar-refractivity contribution is 7.19. The predicted octanol–water partition coefficient (Wildman–Crippen LogP) is 3.14. The molecule has 0 bridgehead atoms. The van der Waals surface area contributed by atoms with E-state index in [2.05, 4.69) is 4.98 Å². The van der Waals surface area contributed by atoms with Gasteiger partial charge in [0.15, 0.2) is 16.5 Å². The average Bonchev–Trinajstić information content (AvgIpc) is 3.16. The van der Waals surface area contributed by atoms with E-state index in [4.69, 9.17) is 14.7 Å². The third-order valence-corrected chi connectivity index (χ3v) is 5.13. The van der Waals surface area contributed by atoms with Crippen molar-refractivity contribution in [3.63, 3.8) is 0 Å². The van der Waals surface area contributed by atoms with E-state index in [0.717, 1.165) is 10.8 Å². The second-order valence-electron chi connectivity index (χ2n) is 6.49. The van der Waals surface area contributed by atoms with Gasteiger partial charge in [0.05, 0.1) is 10.2 Å². The molecule has 0 unspecified atom stereocenters. The summed E-state index contributed by atoms with van der Waals surface area (Å²) in [4.78, 5) is 31.1. The standard InChI is InChI=1S/C20H18N4O6S/c1-23(19(27)29-12-4-6-15(25)16(26)9-12)7-8-24(2)20(28)30-13-3-5-14-17(10-13)31-18(11-21)22-14/h3-6,9-10,25-26H,7-8H2,1-2H3. The largest absolute Gasteiger partial charge is 0.504 e. The summed E-state index contributed by atoms with van der Waals surface area (Å²) >= 11 is 1.20. The number of amides is 2. The van der Waals surface area contributed by atoms with Crippen molar-refractivity contribution in [1.82, 2.24) is 14.8 Å². The van der Waals surface area contributed by atoms with Crippen LogP contribution in [0.3, 0.4) is 0 Å². The smallest absolute Gasteiger partial charge is 0.415 e. The third kappa shape index (κ3) is 5.31. The first kappa shape index (κ1) is 21.7. The van der Waals surface area contributed by atoms with Gasteiger partial charge < -0.3 is 29.5 Å². The monoisotopic (exact) mass is 442 g/mol. The lowest BCUT2D eigenvalue weighted by Gasteiger charge is -2.21. The van der Waals surface area contributed by atoms with Crippen molar-refractivity contribution >= 4 is 33.7 Å². The zero-order valence-electron chi connectivity index (χ0n) is 16.6. The number of carbonyl (C=O) groups excluding carboxylic acids is 2. The summed E-state index contributed by atoms with van der Waals surface area (Å²) in [6.07, 6.45) is -1.31. The van der Waals surface area contributed by atoms with Crippen LogP contribution in [0.25, 0.3) is 10.2 Å². The Morgan fingerprint density at radius 1 is 1.00 bits per heavy atom. The van der Waals surface area contributed by atoms with Crippen LogP contribution in [0.2, 0.25) is 0 Å². The van der Waals surface area contributed by atoms with E-state index in [0.29, 0.717) is 16.3 Å². The van der Waals surface area contributed by atoms with Gasteiger partial charge in [-0.15, -0.1) is 11.3 Å². The number of phenols is 2. The summed E-state index contributed by atoms with van der Waals surface area (Å²) in [6.45, 7) is 0.334. The second kappa shape index (κ2) is 9.19. The third-order valence-electron chi connectivity index (χ3n) is 4.21. The molecule has 0 aliphatic heterocycles. The first-order chi connectivity index (χ1) is 14.8. The molecule has 0 atom stereocenters. The van der Waals surface area contributed by atoms with Gasteiger partial charge in [-0.1, -0.05) is 0 Å². The number of hydrogen-bond acceptors (Lipinski definition) is 9. The van der Waals surface area contributed by atoms with Crippen molar-refractivity contribution in [2.24, 2.45) is 0 Å². The molecule has 3 rings (SSSR count). The number of nitrogens with zero attached hydrogens (tertiary/aromatic N) is 4. The van der Waals surface area contributed by atoms with Crippen LogP contribution in [-0.2, 0) is 0 Å². The molecular formula is C20H18N4O6S. The summed E-state index contributed by atoms with van der Waals surface area (Å²) in [6, 6.07) is 10.5. The van der Waals surface area contributed by atoms with Gasteiger partial charge in [-0.25, -0.2) is 14.6 Å². The van der Waals surface area contributed by atoms with Gasteiger partial charge in [0.25, 0.3) is 0 Å². The Bertz CT molecular complexity index is 1170. The van der Waals surface area contributed by atoms with Gasteiger partial charge in [0.2, 0.25) is 0 Å². The van der Waals surface area contributed by atoms with Crippen molar-refractivity contribution in [2.75, 3.05) is 27.2 Å². The fraction of sp³-hybridized carbons (Fsp3) is 0.200. The molecule has 2 amide bonds. The zero-order valence-corrected chi connectivity index (χ0v) is 17.4. The summed E-state index contributed by atoms with van der Waals surface area (Å²) in [5.41, 5.74) is 0.650. The predicted molar refractivity (Wildman–Crippen MR) is 111 cm³/mol. The van der Waals surface area contributed by atoms with Crippen molar-refractivity contribution in [3.8, 4) is 29.1 Å². The van der Waals surface area contributed by atoms with E-state index in [-0.39, 0.29) is 24.6 Å². The molecule has 0 aliphatic carbocycles. The topological polar surface area (TPSA) is 136 Å². The highest BCUT2D eigenvalue weighted by Gasteiger charge is 2.17. The lowest BCUT2D eigenvalue weighted by atomic mass is 10.3. The number of nitriles is 1. The van der Waals surface area contributed by atoms with Gasteiger partial charge in [0.1, 0.15) is 17.6 Å². The molecule has 11 heteroatoms. The Hall–Kier alpha value is -4.04. The number of fused-ring (bicyclic) bond motifs is 1. The number of carbonyl (C=O) groups is 2. The molecule has 2 N–H and O–H groups in total. The number of aromatic nitrogens is 1. The van der Waals surface area contributed by atoms with Crippen molar-refractivity contribution in [3.05, 3.63) is 41.4 Å². The summed E-state index contributed by atoms with van der Waals surface area (Å²) in [7, 11) is 3.02. The Kier molecular flexibility index (Phi) is 6.42. The lowest BCUT2D eigenvalue weighted by molar-refractivity contribution is 0.145. The Balaban J connectivity index is 1.51. The minimum Gasteiger partial charge on any atom is -0.504 e. The normalized spacial score (nSPS) is 10.4. The van der Waals surface area contributed by atoms with Gasteiger partial charge in [-0.2, -0.15) is 5.26 Å². The van der Waals surface area contributed by atoms with Crippen LogP contribution in [0.4, 0.5) is 9.59 Å². The molecule has 0 saturated heterocycles. The molecule has 3 aromatic rings. The quantitative estimate of drug-likeness (QED) is 0.575. The van der Waals surface area contributed by atoms with E-state index < -0.39 is 17.9 Å². The maximum Gasteiger partial charge on any atom is 0.415 e. The fourth-order valence-corrected chi connectivity index (χ4v) is 3.21. The molecule has 0 saturated carbocycles.